The molecule has 0 fully saturated rings. The molecule has 2 rings (SSSR count). The third kappa shape index (κ3) is 6.19. The van der Waals surface area contributed by atoms with Crippen LogP contribution in [0.1, 0.15) is 25.3 Å². The summed E-state index contributed by atoms with van der Waals surface area (Å²) in [6, 6.07) is 12.7. The van der Waals surface area contributed by atoms with Crippen molar-refractivity contribution in [2.24, 2.45) is 5.10 Å². The predicted octanol–water partition coefficient (Wildman–Crippen LogP) is 3.51. The van der Waals surface area contributed by atoms with Crippen LogP contribution in [0.15, 0.2) is 53.6 Å². The van der Waals surface area contributed by atoms with E-state index in [0.717, 1.165) is 0 Å². The maximum atomic E-state index is 11.9. The van der Waals surface area contributed by atoms with Gasteiger partial charge < -0.3 is 5.32 Å². The molecule has 2 N–H and O–H groups in total. The molecule has 0 radical (unpaired) electrons. The number of nitro groups is 1. The standard InChI is InChI=1S/C18H17ClN4O4/c1-12(13-5-4-6-14(11-13)23(26)27)21-22-18(25)10-9-17(24)20-16-8-3-2-7-15(16)19/h2-8,11H,9-10H2,1H3,(H,20,24)(H,22,25). The molecular formula is C18H17ClN4O4. The number of halogens is 1. The maximum absolute atomic E-state index is 11.9. The minimum Gasteiger partial charge on any atom is -0.325 e. The van der Waals surface area contributed by atoms with E-state index in [1.807, 2.05) is 0 Å². The van der Waals surface area contributed by atoms with Crippen LogP contribution in [-0.2, 0) is 9.59 Å². The van der Waals surface area contributed by atoms with Gasteiger partial charge in [-0.25, -0.2) is 5.43 Å². The zero-order valence-electron chi connectivity index (χ0n) is 14.4. The molecule has 0 saturated heterocycles. The number of para-hydroxylation sites is 1. The fraction of sp³-hybridized carbons (Fsp3) is 0.167. The average Bonchev–Trinajstić information content (AvgIpc) is 2.66. The predicted molar refractivity (Wildman–Crippen MR) is 103 cm³/mol. The van der Waals surface area contributed by atoms with Crippen LogP contribution in [0.3, 0.4) is 0 Å². The topological polar surface area (TPSA) is 114 Å². The Hall–Kier alpha value is -3.26. The van der Waals surface area contributed by atoms with Crippen molar-refractivity contribution in [1.29, 1.82) is 0 Å². The third-order valence-corrected chi connectivity index (χ3v) is 3.88. The second-order valence-electron chi connectivity index (χ2n) is 5.57. The van der Waals surface area contributed by atoms with Crippen molar-refractivity contribution in [2.75, 3.05) is 5.32 Å². The second kappa shape index (κ2) is 9.44. The summed E-state index contributed by atoms with van der Waals surface area (Å²) in [6.45, 7) is 1.61. The molecule has 2 aromatic rings. The Labute approximate surface area is 160 Å². The first kappa shape index (κ1) is 20.1. The first-order chi connectivity index (χ1) is 12.9. The van der Waals surface area contributed by atoms with Crippen molar-refractivity contribution >= 4 is 40.5 Å². The van der Waals surface area contributed by atoms with Gasteiger partial charge in [-0.3, -0.25) is 19.7 Å². The molecule has 2 amide bonds. The quantitative estimate of drug-likeness (QED) is 0.429. The number of carbonyl (C=O) groups excluding carboxylic acids is 2. The minimum absolute atomic E-state index is 0.0393. The molecule has 0 aliphatic carbocycles. The fourth-order valence-electron chi connectivity index (χ4n) is 2.11. The molecule has 0 aliphatic heterocycles. The molecule has 0 heterocycles. The number of hydrogen-bond donors (Lipinski definition) is 2. The molecule has 0 aromatic heterocycles. The lowest BCUT2D eigenvalue weighted by Crippen LogP contribution is -2.21. The van der Waals surface area contributed by atoms with E-state index >= 15 is 0 Å². The highest BCUT2D eigenvalue weighted by Crippen LogP contribution is 2.20. The third-order valence-electron chi connectivity index (χ3n) is 3.55. The highest BCUT2D eigenvalue weighted by molar-refractivity contribution is 6.33. The second-order valence-corrected chi connectivity index (χ2v) is 5.97. The summed E-state index contributed by atoms with van der Waals surface area (Å²) >= 11 is 5.95. The van der Waals surface area contributed by atoms with E-state index in [4.69, 9.17) is 11.6 Å². The number of benzene rings is 2. The molecular weight excluding hydrogens is 372 g/mol. The van der Waals surface area contributed by atoms with Gasteiger partial charge in [0.1, 0.15) is 0 Å². The number of carbonyl (C=O) groups is 2. The van der Waals surface area contributed by atoms with Crippen LogP contribution >= 0.6 is 11.6 Å². The number of nitrogens with one attached hydrogen (secondary N) is 2. The van der Waals surface area contributed by atoms with Crippen molar-refractivity contribution < 1.29 is 14.5 Å². The van der Waals surface area contributed by atoms with Crippen molar-refractivity contribution in [3.63, 3.8) is 0 Å². The van der Waals surface area contributed by atoms with E-state index < -0.39 is 10.8 Å². The number of amides is 2. The summed E-state index contributed by atoms with van der Waals surface area (Å²) in [7, 11) is 0. The lowest BCUT2D eigenvalue weighted by molar-refractivity contribution is -0.384. The van der Waals surface area contributed by atoms with Crippen LogP contribution in [-0.4, -0.2) is 22.4 Å². The van der Waals surface area contributed by atoms with Crippen LogP contribution in [0.25, 0.3) is 0 Å². The first-order valence-electron chi connectivity index (χ1n) is 7.99. The largest absolute Gasteiger partial charge is 0.325 e. The van der Waals surface area contributed by atoms with Crippen LogP contribution in [0.2, 0.25) is 5.02 Å². The fourth-order valence-corrected chi connectivity index (χ4v) is 2.30. The van der Waals surface area contributed by atoms with Gasteiger partial charge in [0, 0.05) is 30.5 Å². The van der Waals surface area contributed by atoms with Gasteiger partial charge in [-0.1, -0.05) is 35.9 Å². The van der Waals surface area contributed by atoms with E-state index in [-0.39, 0.29) is 24.4 Å². The normalized spacial score (nSPS) is 11.0. The summed E-state index contributed by atoms with van der Waals surface area (Å²) < 4.78 is 0. The Morgan fingerprint density at radius 3 is 2.52 bits per heavy atom. The summed E-state index contributed by atoms with van der Waals surface area (Å²) in [4.78, 5) is 34.0. The number of hydrogen-bond acceptors (Lipinski definition) is 5. The number of hydrazone groups is 1. The molecule has 2 aromatic carbocycles. The summed E-state index contributed by atoms with van der Waals surface area (Å²) in [5.74, 6) is -0.799. The van der Waals surface area contributed by atoms with Gasteiger partial charge in [0.05, 0.1) is 21.3 Å². The first-order valence-corrected chi connectivity index (χ1v) is 8.37. The highest BCUT2D eigenvalue weighted by Gasteiger charge is 2.10. The summed E-state index contributed by atoms with van der Waals surface area (Å²) in [6.07, 6.45) is -0.107. The number of nitro benzene ring substituents is 1. The lowest BCUT2D eigenvalue weighted by atomic mass is 10.1. The van der Waals surface area contributed by atoms with Gasteiger partial charge in [0.2, 0.25) is 11.8 Å². The Morgan fingerprint density at radius 1 is 1.11 bits per heavy atom. The SMILES string of the molecule is CC(=NNC(=O)CCC(=O)Nc1ccccc1Cl)c1cccc([N+](=O)[O-])c1. The molecule has 0 bridgehead atoms. The Morgan fingerprint density at radius 2 is 1.81 bits per heavy atom. The Balaban J connectivity index is 1.85. The van der Waals surface area contributed by atoms with E-state index in [1.165, 1.54) is 18.2 Å². The average molecular weight is 389 g/mol. The number of rotatable bonds is 7. The molecule has 27 heavy (non-hydrogen) atoms. The zero-order valence-corrected chi connectivity index (χ0v) is 15.2. The molecule has 9 heteroatoms. The molecule has 140 valence electrons. The highest BCUT2D eigenvalue weighted by atomic mass is 35.5. The van der Waals surface area contributed by atoms with Crippen molar-refractivity contribution in [1.82, 2.24) is 5.43 Å². The molecule has 0 aliphatic rings. The summed E-state index contributed by atoms with van der Waals surface area (Å²) in [5.41, 5.74) is 3.67. The summed E-state index contributed by atoms with van der Waals surface area (Å²) in [5, 5.41) is 17.7. The molecule has 0 saturated carbocycles. The van der Waals surface area contributed by atoms with Crippen molar-refractivity contribution in [3.8, 4) is 0 Å². The van der Waals surface area contributed by atoms with E-state index in [9.17, 15) is 19.7 Å². The van der Waals surface area contributed by atoms with Gasteiger partial charge in [-0.05, 0) is 19.1 Å². The van der Waals surface area contributed by atoms with Crippen molar-refractivity contribution in [3.05, 3.63) is 69.2 Å². The van der Waals surface area contributed by atoms with Gasteiger partial charge in [0.15, 0.2) is 0 Å². The Bertz CT molecular complexity index is 898. The maximum Gasteiger partial charge on any atom is 0.270 e. The minimum atomic E-state index is -0.507. The van der Waals surface area contributed by atoms with Crippen molar-refractivity contribution in [2.45, 2.75) is 19.8 Å². The monoisotopic (exact) mass is 388 g/mol. The molecule has 0 atom stereocenters. The van der Waals surface area contributed by atoms with Crippen LogP contribution in [0.4, 0.5) is 11.4 Å². The molecule has 0 spiro atoms. The van der Waals surface area contributed by atoms with Crippen LogP contribution in [0.5, 0.6) is 0 Å². The van der Waals surface area contributed by atoms with E-state index in [1.54, 1.807) is 37.3 Å². The van der Waals surface area contributed by atoms with E-state index in [0.29, 0.717) is 22.0 Å². The lowest BCUT2D eigenvalue weighted by Gasteiger charge is -2.06. The van der Waals surface area contributed by atoms with Gasteiger partial charge >= 0.3 is 0 Å². The smallest absolute Gasteiger partial charge is 0.270 e. The van der Waals surface area contributed by atoms with Gasteiger partial charge in [-0.2, -0.15) is 5.10 Å². The van der Waals surface area contributed by atoms with E-state index in [2.05, 4.69) is 15.8 Å². The number of anilines is 1. The van der Waals surface area contributed by atoms with Gasteiger partial charge in [-0.15, -0.1) is 0 Å². The van der Waals surface area contributed by atoms with Crippen LogP contribution < -0.4 is 10.7 Å². The number of non-ortho nitro benzene ring substituents is 1. The molecule has 8 nitrogen and oxygen atoms in total. The molecule has 0 unspecified atom stereocenters. The zero-order chi connectivity index (χ0) is 19.8. The van der Waals surface area contributed by atoms with Gasteiger partial charge in [0.25, 0.3) is 5.69 Å². The number of nitrogens with zero attached hydrogens (tertiary/aromatic N) is 2. The Kier molecular flexibility index (Phi) is 7.01. The van der Waals surface area contributed by atoms with Crippen LogP contribution in [0, 0.1) is 10.1 Å².